The number of ether oxygens (including phenoxy) is 2. The Labute approximate surface area is 681 Å². The lowest BCUT2D eigenvalue weighted by Gasteiger charge is -2.50. The third kappa shape index (κ3) is 23.1. The van der Waals surface area contributed by atoms with Crippen molar-refractivity contribution in [3.63, 3.8) is 0 Å². The molecule has 109 heavy (non-hydrogen) atoms. The molecule has 0 bridgehead atoms. The lowest BCUT2D eigenvalue weighted by molar-refractivity contribution is 0.00746. The minimum absolute atomic E-state index is 0. The highest BCUT2D eigenvalue weighted by Gasteiger charge is 2.44. The Hall–Kier alpha value is -6.50. The summed E-state index contributed by atoms with van der Waals surface area (Å²) in [7, 11) is 4.26. The van der Waals surface area contributed by atoms with E-state index in [-0.39, 0.29) is 61.0 Å². The number of hydrogen-bond donors (Lipinski definition) is 2. The first-order chi connectivity index (χ1) is 51.1. The summed E-state index contributed by atoms with van der Waals surface area (Å²) in [6.07, 6.45) is 12.1. The molecule has 6 aromatic carbocycles. The van der Waals surface area contributed by atoms with Crippen LogP contribution in [0.1, 0.15) is 192 Å². The number of benzene rings is 6. The Morgan fingerprint density at radius 1 is 0.468 bits per heavy atom. The molecule has 0 aromatic heterocycles. The number of rotatable bonds is 14. The van der Waals surface area contributed by atoms with E-state index < -0.39 is 11.5 Å². The van der Waals surface area contributed by atoms with Gasteiger partial charge in [0.05, 0.1) is 26.0 Å². The van der Waals surface area contributed by atoms with E-state index >= 15 is 0 Å². The molecule has 2 unspecified atom stereocenters. The van der Waals surface area contributed by atoms with E-state index in [4.69, 9.17) is 15.3 Å². The van der Waals surface area contributed by atoms with Crippen LogP contribution in [0.4, 0.5) is 14.3 Å². The van der Waals surface area contributed by atoms with Gasteiger partial charge in [0.25, 0.3) is 17.7 Å². The van der Waals surface area contributed by atoms with Crippen LogP contribution in [0.2, 0.25) is 0 Å². The molecular formula is C86H116BBr3ClFN9O8. The average Bonchev–Trinajstić information content (AvgIpc) is 0.793. The molecule has 0 saturated carbocycles. The van der Waals surface area contributed by atoms with Gasteiger partial charge in [0.1, 0.15) is 7.11 Å². The normalized spacial score (nSPS) is 19.1. The standard InChI is InChI=1S/C29H38BrN3O3.C28H36BrN3O2.C27H36BrN3O.C2H3ClO2.B.FH.H2/c1-20-6-5-7-21(2)25(20)27(34)32-18-14-29(3,15-19-32)33-16-12-23(13-17-33)26(31-28(35)36-4)22-8-10-24(30)11-9-22;1-20-6-5-7-21(2)25(20)27(33)31-18-14-28(3,15-19-31)32-16-12-23(13-17-32)26(30-34-4)22-8-10-24(29)11-9-22;1-19-5-4-6-20(2)24(19)26(32)30-17-13-27(3,14-18-30)31-15-11-22(12-16-31)25(29)21-7-9-23(28)10-8-21;1-5-2(3)4;;;/h5-11,23,26H,12-19H2,1-4H3,(H,31,35);5-11,23H,12-19H2,1-4H3;4-10,22,25H,11-18,29H2,1-3H3;1H3;;2*1H/i;;;;;;1+2. The van der Waals surface area contributed by atoms with E-state index in [9.17, 15) is 24.0 Å². The van der Waals surface area contributed by atoms with Gasteiger partial charge in [0.15, 0.2) is 0 Å². The molecule has 0 aliphatic carbocycles. The number of nitrogens with one attached hydrogen (secondary N) is 1. The third-order valence-corrected chi connectivity index (χ3v) is 25.9. The number of carbonyl (C=O) groups is 5. The Morgan fingerprint density at radius 2 is 0.761 bits per heavy atom. The number of halogens is 5. The van der Waals surface area contributed by atoms with E-state index in [0.29, 0.717) is 17.8 Å². The highest BCUT2D eigenvalue weighted by Crippen LogP contribution is 2.41. The molecule has 3 N–H and O–H groups in total. The summed E-state index contributed by atoms with van der Waals surface area (Å²) in [6, 6.07) is 43.3. The second-order valence-corrected chi connectivity index (χ2v) is 34.0. The minimum atomic E-state index is -0.773. The van der Waals surface area contributed by atoms with Crippen LogP contribution in [-0.4, -0.2) is 189 Å². The quantitative estimate of drug-likeness (QED) is 0.0456. The van der Waals surface area contributed by atoms with Gasteiger partial charge in [-0.15, -0.1) is 0 Å². The predicted octanol–water partition coefficient (Wildman–Crippen LogP) is 18.2. The largest absolute Gasteiger partial charge is 0.457 e. The summed E-state index contributed by atoms with van der Waals surface area (Å²) in [5, 5.41) is 7.49. The number of likely N-dealkylation sites (tertiary alicyclic amines) is 6. The van der Waals surface area contributed by atoms with Gasteiger partial charge < -0.3 is 40.1 Å². The van der Waals surface area contributed by atoms with Crippen LogP contribution in [0.15, 0.2) is 146 Å². The molecule has 591 valence electrons. The second kappa shape index (κ2) is 41.3. The van der Waals surface area contributed by atoms with Crippen molar-refractivity contribution in [2.24, 2.45) is 28.6 Å². The van der Waals surface area contributed by atoms with Gasteiger partial charge in [0.2, 0.25) is 0 Å². The summed E-state index contributed by atoms with van der Waals surface area (Å²) in [4.78, 5) is 80.5. The molecule has 23 heteroatoms. The summed E-state index contributed by atoms with van der Waals surface area (Å²) in [6.45, 7) is 30.5. The number of methoxy groups -OCH3 is 2. The van der Waals surface area contributed by atoms with E-state index in [0.717, 1.165) is 236 Å². The monoisotopic (exact) mass is 1710 g/mol. The topological polar surface area (TPSA) is 183 Å². The Balaban J connectivity index is 0.000000247. The van der Waals surface area contributed by atoms with Crippen LogP contribution in [0, 0.1) is 59.3 Å². The molecule has 6 fully saturated rings. The van der Waals surface area contributed by atoms with Crippen LogP contribution in [0.3, 0.4) is 0 Å². The van der Waals surface area contributed by atoms with Gasteiger partial charge in [-0.25, -0.2) is 9.59 Å². The van der Waals surface area contributed by atoms with E-state index in [1.54, 1.807) is 7.11 Å². The smallest absolute Gasteiger partial charge is 0.407 e. The lowest BCUT2D eigenvalue weighted by Crippen LogP contribution is -2.57. The molecule has 17 nitrogen and oxygen atoms in total. The zero-order valence-corrected chi connectivity index (χ0v) is 71.5. The molecule has 6 aliphatic rings. The van der Waals surface area contributed by atoms with Crippen molar-refractivity contribution in [3.8, 4) is 0 Å². The molecule has 12 rings (SSSR count). The average molecular weight is 1710 g/mol. The first-order valence-electron chi connectivity index (χ1n) is 38.1. The van der Waals surface area contributed by atoms with Crippen molar-refractivity contribution in [1.82, 2.24) is 34.7 Å². The van der Waals surface area contributed by atoms with Crippen LogP contribution in [0.5, 0.6) is 0 Å². The van der Waals surface area contributed by atoms with Crippen LogP contribution in [0.25, 0.3) is 0 Å². The Kier molecular flexibility index (Phi) is 34.0. The predicted molar refractivity (Wildman–Crippen MR) is 451 cm³/mol. The molecule has 4 amide bonds. The molecule has 3 radical (unpaired) electrons. The number of nitrogens with zero attached hydrogens (tertiary/aromatic N) is 7. The van der Waals surface area contributed by atoms with Crippen LogP contribution in [-0.2, 0) is 14.3 Å². The van der Waals surface area contributed by atoms with Crippen molar-refractivity contribution in [2.75, 3.05) is 99.9 Å². The molecule has 6 aliphatic heterocycles. The van der Waals surface area contributed by atoms with Crippen molar-refractivity contribution < 1.29 is 44.4 Å². The fourth-order valence-corrected chi connectivity index (χ4v) is 17.9. The Bertz CT molecular complexity index is 3950. The molecule has 6 saturated heterocycles. The highest BCUT2D eigenvalue weighted by molar-refractivity contribution is 9.11. The fraction of sp³-hybridized carbons (Fsp3) is 0.512. The third-order valence-electron chi connectivity index (χ3n) is 24.1. The van der Waals surface area contributed by atoms with Crippen LogP contribution >= 0.6 is 59.4 Å². The summed E-state index contributed by atoms with van der Waals surface area (Å²) in [5.74, 6) is 1.81. The summed E-state index contributed by atoms with van der Waals surface area (Å²) < 4.78 is 12.0. The first kappa shape index (κ1) is 89.7. The SMILES string of the molecule is COC(=O)Cl.COC(=O)NC(c1ccc(Br)cc1)C1CCN(C2(C)CCN(C(=O)c3c(C)cccc3C)CC2)CC1.CON=C(c1ccc(Br)cc1)C1CCN(C2(C)CCN(C(=O)c3c(C)cccc3C)CC2)CC1.Cc1cccc(C)c1C(=O)N1CCC(C)(N2CCC(C(N)c3ccc(Br)cc3)CC2)CC1.F.[3HH].[B]. The number of nitrogens with two attached hydrogens (primary N) is 1. The van der Waals surface area contributed by atoms with Gasteiger partial charge in [0, 0.05) is 119 Å². The number of oxime groups is 1. The van der Waals surface area contributed by atoms with Crippen molar-refractivity contribution >= 4 is 103 Å². The number of amides is 4. The zero-order chi connectivity index (χ0) is 77.3. The molecular weight excluding hydrogens is 1590 g/mol. The first-order valence-corrected chi connectivity index (χ1v) is 40.9. The highest BCUT2D eigenvalue weighted by atomic mass is 79.9. The number of alkyl carbamates (subject to hydrolysis) is 1. The summed E-state index contributed by atoms with van der Waals surface area (Å²) in [5.41, 5.74) is 19.8. The van der Waals surface area contributed by atoms with Gasteiger partial charge in [-0.05, 0) is 277 Å². The number of piperidine rings is 6. The zero-order valence-electron chi connectivity index (χ0n) is 66.0. The maximum absolute atomic E-state index is 13.3. The minimum Gasteiger partial charge on any atom is -0.457 e. The van der Waals surface area contributed by atoms with Gasteiger partial charge in [-0.1, -0.05) is 144 Å². The number of carbonyl (C=O) groups excluding carboxylic acids is 5. The number of aryl methyl sites for hydroxylation is 6. The fourth-order valence-electron chi connectivity index (χ4n) is 17.1. The van der Waals surface area contributed by atoms with Crippen molar-refractivity contribution in [3.05, 3.63) is 208 Å². The second-order valence-electron chi connectivity index (χ2n) is 30.9. The van der Waals surface area contributed by atoms with Crippen molar-refractivity contribution in [2.45, 2.75) is 168 Å². The van der Waals surface area contributed by atoms with Gasteiger partial charge >= 0.3 is 11.5 Å². The van der Waals surface area contributed by atoms with E-state index in [1.165, 1.54) is 19.8 Å². The molecule has 6 aromatic rings. The maximum Gasteiger partial charge on any atom is 0.407 e. The van der Waals surface area contributed by atoms with Crippen LogP contribution < -0.4 is 11.1 Å². The van der Waals surface area contributed by atoms with E-state index in [2.05, 4.69) is 181 Å². The molecule has 6 heterocycles. The van der Waals surface area contributed by atoms with E-state index in [1.807, 2.05) is 113 Å². The lowest BCUT2D eigenvalue weighted by atomic mass is 9.81. The van der Waals surface area contributed by atoms with Gasteiger partial charge in [-0.2, -0.15) is 0 Å². The van der Waals surface area contributed by atoms with Crippen molar-refractivity contribution in [1.29, 1.82) is 0 Å². The summed E-state index contributed by atoms with van der Waals surface area (Å²) >= 11 is 15.1. The molecule has 2 atom stereocenters. The van der Waals surface area contributed by atoms with Gasteiger partial charge in [-0.3, -0.25) is 33.8 Å². The Morgan fingerprint density at radius 3 is 1.06 bits per heavy atom. The number of hydrogen-bond acceptors (Lipinski definition) is 13. The maximum atomic E-state index is 13.3. The molecule has 0 spiro atoms.